The van der Waals surface area contributed by atoms with E-state index in [-0.39, 0.29) is 23.4 Å². The minimum Gasteiger partial charge on any atom is -0.353 e. The van der Waals surface area contributed by atoms with Crippen LogP contribution in [0.25, 0.3) is 0 Å². The van der Waals surface area contributed by atoms with Crippen LogP contribution in [0.3, 0.4) is 0 Å². The Morgan fingerprint density at radius 1 is 1.00 bits per heavy atom. The molecular weight excluding hydrogens is 398 g/mol. The third-order valence-corrected chi connectivity index (χ3v) is 7.28. The van der Waals surface area contributed by atoms with E-state index in [0.29, 0.717) is 6.54 Å². The minimum atomic E-state index is -3.73. The molecule has 2 aromatic rings. The highest BCUT2D eigenvalue weighted by molar-refractivity contribution is 7.89. The number of carbonyl (C=O) groups is 1. The van der Waals surface area contributed by atoms with Crippen molar-refractivity contribution in [3.8, 4) is 0 Å². The molecule has 2 aromatic carbocycles. The Labute approximate surface area is 180 Å². The highest BCUT2D eigenvalue weighted by Crippen LogP contribution is 2.20. The van der Waals surface area contributed by atoms with Gasteiger partial charge in [-0.1, -0.05) is 50.2 Å². The average molecular weight is 432 g/mol. The van der Waals surface area contributed by atoms with Crippen molar-refractivity contribution in [2.75, 3.05) is 33.2 Å². The molecule has 2 rings (SSSR count). The second-order valence-corrected chi connectivity index (χ2v) is 9.50. The first-order valence-electron chi connectivity index (χ1n) is 10.3. The maximum Gasteiger partial charge on any atom is 0.243 e. The molecule has 164 valence electrons. The van der Waals surface area contributed by atoms with E-state index in [1.54, 1.807) is 18.2 Å². The lowest BCUT2D eigenvalue weighted by molar-refractivity contribution is -0.121. The molecular formula is C23H33N3O3S. The van der Waals surface area contributed by atoms with Crippen molar-refractivity contribution in [3.05, 3.63) is 65.2 Å². The van der Waals surface area contributed by atoms with E-state index in [9.17, 15) is 13.2 Å². The van der Waals surface area contributed by atoms with Gasteiger partial charge >= 0.3 is 0 Å². The molecule has 0 spiro atoms. The van der Waals surface area contributed by atoms with Gasteiger partial charge in [0.2, 0.25) is 15.9 Å². The van der Waals surface area contributed by atoms with Gasteiger partial charge in [0.25, 0.3) is 0 Å². The van der Waals surface area contributed by atoms with Crippen LogP contribution in [0.15, 0.2) is 53.4 Å². The van der Waals surface area contributed by atoms with Crippen molar-refractivity contribution in [1.29, 1.82) is 0 Å². The fourth-order valence-corrected chi connectivity index (χ4v) is 4.62. The van der Waals surface area contributed by atoms with Crippen LogP contribution < -0.4 is 5.32 Å². The third-order valence-electron chi connectivity index (χ3n) is 5.48. The normalized spacial score (nSPS) is 12.9. The number of rotatable bonds is 10. The zero-order valence-electron chi connectivity index (χ0n) is 18.6. The van der Waals surface area contributed by atoms with E-state index in [4.69, 9.17) is 0 Å². The second-order valence-electron chi connectivity index (χ2n) is 7.46. The summed E-state index contributed by atoms with van der Waals surface area (Å²) in [6.07, 6.45) is 0. The van der Waals surface area contributed by atoms with E-state index in [1.807, 2.05) is 44.2 Å². The molecule has 0 aliphatic rings. The zero-order chi connectivity index (χ0) is 22.3. The highest BCUT2D eigenvalue weighted by atomic mass is 32.2. The topological polar surface area (TPSA) is 69.7 Å². The summed E-state index contributed by atoms with van der Waals surface area (Å²) in [5.74, 6) is -0.321. The summed E-state index contributed by atoms with van der Waals surface area (Å²) in [6.45, 7) is 9.88. The molecule has 0 saturated heterocycles. The van der Waals surface area contributed by atoms with Crippen LogP contribution in [0, 0.1) is 13.8 Å². The van der Waals surface area contributed by atoms with Crippen LogP contribution in [-0.2, 0) is 14.8 Å². The summed E-state index contributed by atoms with van der Waals surface area (Å²) in [6, 6.07) is 15.1. The summed E-state index contributed by atoms with van der Waals surface area (Å²) in [5, 5.41) is 2.92. The number of nitrogens with zero attached hydrogens (tertiary/aromatic N) is 2. The molecule has 0 radical (unpaired) electrons. The first-order chi connectivity index (χ1) is 14.2. The summed E-state index contributed by atoms with van der Waals surface area (Å²) < 4.78 is 26.8. The number of carbonyl (C=O) groups excluding carboxylic acids is 1. The van der Waals surface area contributed by atoms with E-state index in [2.05, 4.69) is 24.1 Å². The van der Waals surface area contributed by atoms with Gasteiger partial charge in [-0.05, 0) is 55.8 Å². The summed E-state index contributed by atoms with van der Waals surface area (Å²) in [7, 11) is -2.29. The third kappa shape index (κ3) is 5.90. The second kappa shape index (κ2) is 10.7. The van der Waals surface area contributed by atoms with Gasteiger partial charge in [0.15, 0.2) is 0 Å². The molecule has 1 N–H and O–H groups in total. The number of nitrogens with one attached hydrogen (secondary N) is 1. The molecule has 0 aliphatic carbocycles. The Kier molecular flexibility index (Phi) is 8.58. The minimum absolute atomic E-state index is 0.0341. The predicted octanol–water partition coefficient (Wildman–Crippen LogP) is 3.12. The molecule has 6 nitrogen and oxygen atoms in total. The van der Waals surface area contributed by atoms with Crippen molar-refractivity contribution in [3.63, 3.8) is 0 Å². The van der Waals surface area contributed by atoms with Crippen molar-refractivity contribution in [2.24, 2.45) is 0 Å². The van der Waals surface area contributed by atoms with Crippen molar-refractivity contribution in [1.82, 2.24) is 14.5 Å². The number of aryl methyl sites for hydroxylation is 2. The Bertz CT molecular complexity index is 941. The van der Waals surface area contributed by atoms with E-state index < -0.39 is 10.0 Å². The molecule has 0 saturated carbocycles. The monoisotopic (exact) mass is 431 g/mol. The molecule has 1 unspecified atom stereocenters. The quantitative estimate of drug-likeness (QED) is 0.628. The van der Waals surface area contributed by atoms with Gasteiger partial charge in [0, 0.05) is 13.6 Å². The van der Waals surface area contributed by atoms with Crippen LogP contribution in [0.5, 0.6) is 0 Å². The van der Waals surface area contributed by atoms with Crippen LogP contribution in [0.2, 0.25) is 0 Å². The number of amides is 1. The van der Waals surface area contributed by atoms with Crippen LogP contribution in [0.1, 0.15) is 36.6 Å². The molecule has 0 bridgehead atoms. The van der Waals surface area contributed by atoms with E-state index >= 15 is 0 Å². The predicted molar refractivity (Wildman–Crippen MR) is 121 cm³/mol. The van der Waals surface area contributed by atoms with E-state index in [0.717, 1.165) is 34.1 Å². The molecule has 30 heavy (non-hydrogen) atoms. The first-order valence-corrected chi connectivity index (χ1v) is 11.7. The Morgan fingerprint density at radius 3 is 2.20 bits per heavy atom. The maximum absolute atomic E-state index is 12.8. The van der Waals surface area contributed by atoms with Gasteiger partial charge in [-0.25, -0.2) is 8.42 Å². The Hall–Kier alpha value is -2.22. The van der Waals surface area contributed by atoms with Crippen molar-refractivity contribution in [2.45, 2.75) is 38.6 Å². The molecule has 0 aliphatic heterocycles. The van der Waals surface area contributed by atoms with E-state index in [1.165, 1.54) is 7.05 Å². The largest absolute Gasteiger partial charge is 0.353 e. The smallest absolute Gasteiger partial charge is 0.243 e. The average Bonchev–Trinajstić information content (AvgIpc) is 2.73. The van der Waals surface area contributed by atoms with Gasteiger partial charge < -0.3 is 5.32 Å². The fourth-order valence-electron chi connectivity index (χ4n) is 3.41. The lowest BCUT2D eigenvalue weighted by Gasteiger charge is -2.30. The van der Waals surface area contributed by atoms with Gasteiger partial charge in [-0.2, -0.15) is 4.31 Å². The molecule has 0 aromatic heterocycles. The highest BCUT2D eigenvalue weighted by Gasteiger charge is 2.24. The van der Waals surface area contributed by atoms with Gasteiger partial charge in [-0.15, -0.1) is 0 Å². The van der Waals surface area contributed by atoms with Gasteiger partial charge in [0.05, 0.1) is 17.5 Å². The Morgan fingerprint density at radius 2 is 1.63 bits per heavy atom. The summed E-state index contributed by atoms with van der Waals surface area (Å²) in [5.41, 5.74) is 3.05. The SMILES string of the molecule is CCN(CC)C(CNC(=O)CN(C)S(=O)(=O)c1ccc(C)c(C)c1)c1ccccc1. The molecule has 1 atom stereocenters. The van der Waals surface area contributed by atoms with Crippen LogP contribution in [0.4, 0.5) is 0 Å². The fraction of sp³-hybridized carbons (Fsp3) is 0.435. The summed E-state index contributed by atoms with van der Waals surface area (Å²) in [4.78, 5) is 15.0. The lowest BCUT2D eigenvalue weighted by Crippen LogP contribution is -2.42. The van der Waals surface area contributed by atoms with Crippen molar-refractivity contribution >= 4 is 15.9 Å². The number of hydrogen-bond acceptors (Lipinski definition) is 4. The zero-order valence-corrected chi connectivity index (χ0v) is 19.4. The van der Waals surface area contributed by atoms with Gasteiger partial charge in [0.1, 0.15) is 0 Å². The Balaban J connectivity index is 2.06. The molecule has 0 fully saturated rings. The van der Waals surface area contributed by atoms with Crippen LogP contribution >= 0.6 is 0 Å². The van der Waals surface area contributed by atoms with Crippen LogP contribution in [-0.4, -0.2) is 56.8 Å². The molecule has 1 amide bonds. The number of sulfonamides is 1. The van der Waals surface area contributed by atoms with Crippen molar-refractivity contribution < 1.29 is 13.2 Å². The molecule has 7 heteroatoms. The number of hydrogen-bond donors (Lipinski definition) is 1. The summed E-state index contributed by atoms with van der Waals surface area (Å²) >= 11 is 0. The number of benzene rings is 2. The van der Waals surface area contributed by atoms with Gasteiger partial charge in [-0.3, -0.25) is 9.69 Å². The number of likely N-dealkylation sites (N-methyl/N-ethyl adjacent to an activating group) is 2. The standard InChI is InChI=1S/C23H33N3O3S/c1-6-26(7-2)22(20-11-9-8-10-12-20)16-24-23(27)17-25(5)30(28,29)21-14-13-18(3)19(4)15-21/h8-15,22H,6-7,16-17H2,1-5H3,(H,24,27). The lowest BCUT2D eigenvalue weighted by atomic mass is 10.1. The maximum atomic E-state index is 12.8. The first kappa shape index (κ1) is 24.1. The molecule has 0 heterocycles.